The summed E-state index contributed by atoms with van der Waals surface area (Å²) in [6.45, 7) is 2.27. The highest BCUT2D eigenvalue weighted by Gasteiger charge is 2.22. The number of aromatic nitrogens is 1. The molecule has 1 aliphatic rings. The summed E-state index contributed by atoms with van der Waals surface area (Å²) in [5.41, 5.74) is 0. The molecule has 0 aliphatic heterocycles. The van der Waals surface area contributed by atoms with E-state index in [2.05, 4.69) is 22.0 Å². The fraction of sp³-hybridized carbons (Fsp3) is 0.636. The van der Waals surface area contributed by atoms with Gasteiger partial charge < -0.3 is 10.1 Å². The van der Waals surface area contributed by atoms with Crippen molar-refractivity contribution in [1.82, 2.24) is 4.98 Å². The van der Waals surface area contributed by atoms with E-state index in [1.165, 1.54) is 37.7 Å². The summed E-state index contributed by atoms with van der Waals surface area (Å²) in [6, 6.07) is 0.506. The minimum absolute atomic E-state index is 0.315. The molecule has 2 atom stereocenters. The molecule has 0 radical (unpaired) electrons. The summed E-state index contributed by atoms with van der Waals surface area (Å²) >= 11 is 1.36. The number of nitrogens with one attached hydrogen (secondary N) is 1. The van der Waals surface area contributed by atoms with Gasteiger partial charge in [-0.15, -0.1) is 0 Å². The van der Waals surface area contributed by atoms with Crippen LogP contribution in [0.2, 0.25) is 0 Å². The quantitative estimate of drug-likeness (QED) is 0.825. The SMILES string of the molecule is COC(=O)c1cnc(NC2CCC(C)C2)s1. The van der Waals surface area contributed by atoms with Gasteiger partial charge in [0.25, 0.3) is 0 Å². The van der Waals surface area contributed by atoms with E-state index in [0.29, 0.717) is 10.9 Å². The molecule has 0 bridgehead atoms. The summed E-state index contributed by atoms with van der Waals surface area (Å²) in [5.74, 6) is 0.475. The van der Waals surface area contributed by atoms with Crippen molar-refractivity contribution in [3.05, 3.63) is 11.1 Å². The molecule has 0 aromatic carbocycles. The Hall–Kier alpha value is -1.10. The topological polar surface area (TPSA) is 51.2 Å². The van der Waals surface area contributed by atoms with Crippen molar-refractivity contribution in [3.63, 3.8) is 0 Å². The minimum atomic E-state index is -0.315. The van der Waals surface area contributed by atoms with E-state index in [1.54, 1.807) is 6.20 Å². The Labute approximate surface area is 99.0 Å². The van der Waals surface area contributed by atoms with Crippen LogP contribution in [0.4, 0.5) is 5.13 Å². The number of carbonyl (C=O) groups is 1. The normalized spacial score (nSPS) is 24.4. The first-order valence-corrected chi connectivity index (χ1v) is 6.31. The van der Waals surface area contributed by atoms with Crippen molar-refractivity contribution in [1.29, 1.82) is 0 Å². The molecule has 0 saturated heterocycles. The van der Waals surface area contributed by atoms with Crippen LogP contribution in [0.1, 0.15) is 35.9 Å². The van der Waals surface area contributed by atoms with Crippen LogP contribution >= 0.6 is 11.3 Å². The lowest BCUT2D eigenvalue weighted by atomic mass is 10.1. The van der Waals surface area contributed by atoms with Gasteiger partial charge in [0.15, 0.2) is 5.13 Å². The first kappa shape index (κ1) is 11.4. The van der Waals surface area contributed by atoms with Crippen molar-refractivity contribution >= 4 is 22.4 Å². The van der Waals surface area contributed by atoms with Crippen LogP contribution in [0.3, 0.4) is 0 Å². The summed E-state index contributed by atoms with van der Waals surface area (Å²) in [6.07, 6.45) is 5.21. The third-order valence-corrected chi connectivity index (χ3v) is 3.82. The lowest BCUT2D eigenvalue weighted by Crippen LogP contribution is -2.14. The van der Waals surface area contributed by atoms with Gasteiger partial charge in [-0.1, -0.05) is 18.3 Å². The van der Waals surface area contributed by atoms with Crippen molar-refractivity contribution in [2.75, 3.05) is 12.4 Å². The third kappa shape index (κ3) is 2.52. The Kier molecular flexibility index (Phi) is 3.43. The van der Waals surface area contributed by atoms with E-state index in [0.717, 1.165) is 11.0 Å². The molecular formula is C11H16N2O2S. The van der Waals surface area contributed by atoms with E-state index < -0.39 is 0 Å². The number of hydrogen-bond acceptors (Lipinski definition) is 5. The van der Waals surface area contributed by atoms with Gasteiger partial charge in [-0.3, -0.25) is 0 Å². The fourth-order valence-corrected chi connectivity index (χ4v) is 2.86. The number of methoxy groups -OCH3 is 1. The molecule has 4 nitrogen and oxygen atoms in total. The standard InChI is InChI=1S/C11H16N2O2S/c1-7-3-4-8(5-7)13-11-12-6-9(16-11)10(14)15-2/h6-8H,3-5H2,1-2H3,(H,12,13). The van der Waals surface area contributed by atoms with Gasteiger partial charge >= 0.3 is 5.97 Å². The van der Waals surface area contributed by atoms with Crippen molar-refractivity contribution in [3.8, 4) is 0 Å². The number of thiazole rings is 1. The van der Waals surface area contributed by atoms with Crippen molar-refractivity contribution in [2.24, 2.45) is 5.92 Å². The van der Waals surface area contributed by atoms with Crippen LogP contribution in [0.25, 0.3) is 0 Å². The number of ether oxygens (including phenoxy) is 1. The first-order chi connectivity index (χ1) is 7.69. The Morgan fingerprint density at radius 2 is 2.44 bits per heavy atom. The lowest BCUT2D eigenvalue weighted by molar-refractivity contribution is 0.0606. The fourth-order valence-electron chi connectivity index (χ4n) is 2.05. The highest BCUT2D eigenvalue weighted by Crippen LogP contribution is 2.29. The monoisotopic (exact) mass is 240 g/mol. The second-order valence-corrected chi connectivity index (χ2v) is 5.31. The Morgan fingerprint density at radius 3 is 3.06 bits per heavy atom. The molecule has 1 N–H and O–H groups in total. The smallest absolute Gasteiger partial charge is 0.349 e. The van der Waals surface area contributed by atoms with Crippen LogP contribution in [0.5, 0.6) is 0 Å². The highest BCUT2D eigenvalue weighted by atomic mass is 32.1. The van der Waals surface area contributed by atoms with Crippen LogP contribution in [-0.4, -0.2) is 24.1 Å². The van der Waals surface area contributed by atoms with Crippen LogP contribution in [-0.2, 0) is 4.74 Å². The van der Waals surface area contributed by atoms with E-state index in [4.69, 9.17) is 0 Å². The maximum atomic E-state index is 11.2. The average Bonchev–Trinajstić information content (AvgIpc) is 2.87. The number of carbonyl (C=O) groups excluding carboxylic acids is 1. The van der Waals surface area contributed by atoms with Gasteiger partial charge in [-0.25, -0.2) is 9.78 Å². The highest BCUT2D eigenvalue weighted by molar-refractivity contribution is 7.17. The van der Waals surface area contributed by atoms with E-state index in [9.17, 15) is 4.79 Å². The number of hydrogen-bond donors (Lipinski definition) is 1. The van der Waals surface area contributed by atoms with E-state index in [1.807, 2.05) is 0 Å². The lowest BCUT2D eigenvalue weighted by Gasteiger charge is -2.10. The van der Waals surface area contributed by atoms with E-state index in [-0.39, 0.29) is 5.97 Å². The summed E-state index contributed by atoms with van der Waals surface area (Å²) in [7, 11) is 1.38. The van der Waals surface area contributed by atoms with Crippen LogP contribution in [0.15, 0.2) is 6.20 Å². The molecule has 1 aliphatic carbocycles. The van der Waals surface area contributed by atoms with Gasteiger partial charge in [0.05, 0.1) is 13.3 Å². The predicted octanol–water partition coefficient (Wildman–Crippen LogP) is 2.53. The zero-order chi connectivity index (χ0) is 11.5. The predicted molar refractivity (Wildman–Crippen MR) is 63.9 cm³/mol. The molecule has 0 amide bonds. The molecule has 88 valence electrons. The molecule has 5 heteroatoms. The Morgan fingerprint density at radius 1 is 1.62 bits per heavy atom. The molecule has 2 rings (SSSR count). The van der Waals surface area contributed by atoms with Gasteiger partial charge in [-0.2, -0.15) is 0 Å². The zero-order valence-corrected chi connectivity index (χ0v) is 10.3. The number of anilines is 1. The Bertz CT molecular complexity index is 378. The second-order valence-electron chi connectivity index (χ2n) is 4.28. The molecule has 1 aromatic heterocycles. The van der Waals surface area contributed by atoms with Gasteiger partial charge in [0, 0.05) is 6.04 Å². The molecule has 2 unspecified atom stereocenters. The van der Waals surface area contributed by atoms with Crippen LogP contribution < -0.4 is 5.32 Å². The molecular weight excluding hydrogens is 224 g/mol. The zero-order valence-electron chi connectivity index (χ0n) is 9.53. The maximum absolute atomic E-state index is 11.2. The molecule has 1 heterocycles. The summed E-state index contributed by atoms with van der Waals surface area (Å²) < 4.78 is 4.64. The van der Waals surface area contributed by atoms with Gasteiger partial charge in [0.2, 0.25) is 0 Å². The van der Waals surface area contributed by atoms with Crippen molar-refractivity contribution in [2.45, 2.75) is 32.2 Å². The second kappa shape index (κ2) is 4.82. The van der Waals surface area contributed by atoms with Crippen LogP contribution in [0, 0.1) is 5.92 Å². The van der Waals surface area contributed by atoms with Crippen molar-refractivity contribution < 1.29 is 9.53 Å². The van der Waals surface area contributed by atoms with Gasteiger partial charge in [0.1, 0.15) is 4.88 Å². The number of esters is 1. The van der Waals surface area contributed by atoms with E-state index >= 15 is 0 Å². The molecule has 16 heavy (non-hydrogen) atoms. The molecule has 1 saturated carbocycles. The largest absolute Gasteiger partial charge is 0.465 e. The first-order valence-electron chi connectivity index (χ1n) is 5.49. The molecule has 0 spiro atoms. The third-order valence-electron chi connectivity index (χ3n) is 2.91. The minimum Gasteiger partial charge on any atom is -0.465 e. The summed E-state index contributed by atoms with van der Waals surface area (Å²) in [5, 5.41) is 4.19. The number of rotatable bonds is 3. The van der Waals surface area contributed by atoms with Gasteiger partial charge in [-0.05, 0) is 25.2 Å². The summed E-state index contributed by atoms with van der Waals surface area (Å²) in [4.78, 5) is 16.0. The maximum Gasteiger partial charge on any atom is 0.349 e. The average molecular weight is 240 g/mol. The number of nitrogens with zero attached hydrogens (tertiary/aromatic N) is 1. The molecule has 1 fully saturated rings. The Balaban J connectivity index is 1.95. The molecule has 1 aromatic rings.